The molecule has 2 N–H and O–H groups in total. The van der Waals surface area contributed by atoms with Crippen molar-refractivity contribution in [3.63, 3.8) is 0 Å². The van der Waals surface area contributed by atoms with Gasteiger partial charge in [0.15, 0.2) is 11.6 Å². The number of rotatable bonds is 5. The fourth-order valence-corrected chi connectivity index (χ4v) is 1.22. The first kappa shape index (κ1) is 12.6. The van der Waals surface area contributed by atoms with Crippen LogP contribution in [0.3, 0.4) is 0 Å². The molecular weight excluding hydrogens is 214 g/mol. The van der Waals surface area contributed by atoms with Crippen LogP contribution in [-0.2, 0) is 11.2 Å². The summed E-state index contributed by atoms with van der Waals surface area (Å²) in [5, 5.41) is 5.53. The number of benzene rings is 1. The van der Waals surface area contributed by atoms with Crippen molar-refractivity contribution in [1.82, 2.24) is 10.6 Å². The average molecular weight is 228 g/mol. The summed E-state index contributed by atoms with van der Waals surface area (Å²) >= 11 is 0. The molecule has 0 aliphatic heterocycles. The first-order chi connectivity index (χ1) is 7.63. The van der Waals surface area contributed by atoms with E-state index in [2.05, 4.69) is 10.6 Å². The molecule has 0 aromatic heterocycles. The van der Waals surface area contributed by atoms with Gasteiger partial charge in [0, 0.05) is 13.1 Å². The van der Waals surface area contributed by atoms with Crippen molar-refractivity contribution >= 4 is 5.91 Å². The minimum atomic E-state index is -0.930. The lowest BCUT2D eigenvalue weighted by Gasteiger charge is -2.05. The molecule has 0 heterocycles. The van der Waals surface area contributed by atoms with E-state index in [4.69, 9.17) is 0 Å². The van der Waals surface area contributed by atoms with E-state index in [1.54, 1.807) is 7.05 Å². The van der Waals surface area contributed by atoms with Gasteiger partial charge in [-0.15, -0.1) is 0 Å². The van der Waals surface area contributed by atoms with Crippen LogP contribution in [0.5, 0.6) is 0 Å². The van der Waals surface area contributed by atoms with Gasteiger partial charge in [-0.3, -0.25) is 4.79 Å². The molecule has 0 radical (unpaired) electrons. The molecule has 5 heteroatoms. The Hall–Kier alpha value is -1.49. The molecule has 0 spiro atoms. The van der Waals surface area contributed by atoms with Crippen molar-refractivity contribution in [2.45, 2.75) is 6.42 Å². The van der Waals surface area contributed by atoms with E-state index in [0.29, 0.717) is 18.7 Å². The zero-order chi connectivity index (χ0) is 12.0. The zero-order valence-electron chi connectivity index (χ0n) is 9.02. The zero-order valence-corrected chi connectivity index (χ0v) is 9.02. The summed E-state index contributed by atoms with van der Waals surface area (Å²) in [6, 6.07) is 3.45. The van der Waals surface area contributed by atoms with Gasteiger partial charge < -0.3 is 10.6 Å². The van der Waals surface area contributed by atoms with Gasteiger partial charge in [0.05, 0.1) is 6.42 Å². The van der Waals surface area contributed by atoms with Gasteiger partial charge in [0.1, 0.15) is 0 Å². The topological polar surface area (TPSA) is 41.1 Å². The summed E-state index contributed by atoms with van der Waals surface area (Å²) < 4.78 is 25.4. The highest BCUT2D eigenvalue weighted by atomic mass is 19.2. The van der Waals surface area contributed by atoms with Crippen LogP contribution in [0.1, 0.15) is 5.56 Å². The smallest absolute Gasteiger partial charge is 0.224 e. The Morgan fingerprint density at radius 1 is 1.25 bits per heavy atom. The van der Waals surface area contributed by atoms with Crippen LogP contribution in [0.15, 0.2) is 18.2 Å². The lowest BCUT2D eigenvalue weighted by atomic mass is 10.1. The maximum atomic E-state index is 12.8. The van der Waals surface area contributed by atoms with Crippen molar-refractivity contribution in [3.8, 4) is 0 Å². The quantitative estimate of drug-likeness (QED) is 0.733. The molecule has 1 aromatic rings. The van der Waals surface area contributed by atoms with E-state index in [0.717, 1.165) is 12.1 Å². The Balaban J connectivity index is 2.46. The number of carbonyl (C=O) groups is 1. The third-order valence-electron chi connectivity index (χ3n) is 2.05. The van der Waals surface area contributed by atoms with Gasteiger partial charge in [0.25, 0.3) is 0 Å². The number of carbonyl (C=O) groups excluding carboxylic acids is 1. The lowest BCUT2D eigenvalue weighted by Crippen LogP contribution is -2.31. The third kappa shape index (κ3) is 3.94. The lowest BCUT2D eigenvalue weighted by molar-refractivity contribution is -0.120. The molecule has 1 amide bonds. The van der Waals surface area contributed by atoms with Gasteiger partial charge in [-0.25, -0.2) is 8.78 Å². The van der Waals surface area contributed by atoms with Crippen LogP contribution >= 0.6 is 0 Å². The molecule has 0 saturated carbocycles. The number of halogens is 2. The second-order valence-corrected chi connectivity index (χ2v) is 3.38. The van der Waals surface area contributed by atoms with E-state index in [9.17, 15) is 13.6 Å². The summed E-state index contributed by atoms with van der Waals surface area (Å²) in [7, 11) is 1.78. The van der Waals surface area contributed by atoms with Gasteiger partial charge in [0.2, 0.25) is 5.91 Å². The minimum absolute atomic E-state index is 0.0565. The molecule has 1 aromatic carbocycles. The Morgan fingerprint density at radius 2 is 2.00 bits per heavy atom. The van der Waals surface area contributed by atoms with Gasteiger partial charge >= 0.3 is 0 Å². The Kier molecular flexibility index (Phi) is 4.85. The molecular formula is C11H14F2N2O. The molecule has 0 bridgehead atoms. The van der Waals surface area contributed by atoms with Crippen LogP contribution in [-0.4, -0.2) is 26.0 Å². The number of likely N-dealkylation sites (N-methyl/N-ethyl adjacent to an activating group) is 1. The van der Waals surface area contributed by atoms with E-state index in [1.165, 1.54) is 6.07 Å². The summed E-state index contributed by atoms with van der Waals surface area (Å²) in [5.41, 5.74) is 0.459. The fourth-order valence-electron chi connectivity index (χ4n) is 1.22. The second-order valence-electron chi connectivity index (χ2n) is 3.38. The fraction of sp³-hybridized carbons (Fsp3) is 0.364. The van der Waals surface area contributed by atoms with Crippen molar-refractivity contribution in [3.05, 3.63) is 35.4 Å². The Bertz CT molecular complexity index is 369. The van der Waals surface area contributed by atoms with Crippen molar-refractivity contribution in [2.75, 3.05) is 20.1 Å². The molecule has 0 aliphatic rings. The number of amides is 1. The highest BCUT2D eigenvalue weighted by molar-refractivity contribution is 5.78. The maximum Gasteiger partial charge on any atom is 0.224 e. The summed E-state index contributed by atoms with van der Waals surface area (Å²) in [4.78, 5) is 11.3. The molecule has 0 fully saturated rings. The SMILES string of the molecule is CNCCNC(=O)Cc1ccc(F)c(F)c1. The summed E-state index contributed by atoms with van der Waals surface area (Å²) in [6.45, 7) is 1.18. The molecule has 3 nitrogen and oxygen atoms in total. The van der Waals surface area contributed by atoms with Crippen molar-refractivity contribution < 1.29 is 13.6 Å². The predicted octanol–water partition coefficient (Wildman–Crippen LogP) is 0.843. The predicted molar refractivity (Wildman–Crippen MR) is 57.0 cm³/mol. The largest absolute Gasteiger partial charge is 0.355 e. The second kappa shape index (κ2) is 6.17. The average Bonchev–Trinajstić information content (AvgIpc) is 2.24. The first-order valence-electron chi connectivity index (χ1n) is 4.98. The van der Waals surface area contributed by atoms with E-state index < -0.39 is 11.6 Å². The van der Waals surface area contributed by atoms with Crippen LogP contribution in [0.25, 0.3) is 0 Å². The monoisotopic (exact) mass is 228 g/mol. The van der Waals surface area contributed by atoms with E-state index in [-0.39, 0.29) is 12.3 Å². The standard InChI is InChI=1S/C11H14F2N2O/c1-14-4-5-15-11(16)7-8-2-3-9(12)10(13)6-8/h2-3,6,14H,4-5,7H2,1H3,(H,15,16). The minimum Gasteiger partial charge on any atom is -0.355 e. The van der Waals surface area contributed by atoms with Crippen molar-refractivity contribution in [2.24, 2.45) is 0 Å². The summed E-state index contributed by atoms with van der Waals surface area (Å²) in [6.07, 6.45) is 0.0565. The Labute approximate surface area is 92.8 Å². The highest BCUT2D eigenvalue weighted by Gasteiger charge is 2.06. The number of hydrogen-bond acceptors (Lipinski definition) is 2. The molecule has 0 aliphatic carbocycles. The molecule has 0 unspecified atom stereocenters. The summed E-state index contributed by atoms with van der Waals surface area (Å²) in [5.74, 6) is -2.04. The van der Waals surface area contributed by atoms with Crippen LogP contribution in [0.2, 0.25) is 0 Å². The highest BCUT2D eigenvalue weighted by Crippen LogP contribution is 2.08. The molecule has 1 rings (SSSR count). The molecule has 0 atom stereocenters. The van der Waals surface area contributed by atoms with Crippen LogP contribution < -0.4 is 10.6 Å². The molecule has 88 valence electrons. The van der Waals surface area contributed by atoms with Crippen LogP contribution in [0.4, 0.5) is 8.78 Å². The third-order valence-corrected chi connectivity index (χ3v) is 2.05. The Morgan fingerprint density at radius 3 is 2.62 bits per heavy atom. The normalized spacial score (nSPS) is 10.2. The van der Waals surface area contributed by atoms with Crippen molar-refractivity contribution in [1.29, 1.82) is 0 Å². The van der Waals surface area contributed by atoms with Gasteiger partial charge in [-0.05, 0) is 24.7 Å². The van der Waals surface area contributed by atoms with E-state index >= 15 is 0 Å². The molecule has 16 heavy (non-hydrogen) atoms. The van der Waals surface area contributed by atoms with Crippen LogP contribution in [0, 0.1) is 11.6 Å². The van der Waals surface area contributed by atoms with Gasteiger partial charge in [-0.1, -0.05) is 6.07 Å². The van der Waals surface area contributed by atoms with Gasteiger partial charge in [-0.2, -0.15) is 0 Å². The number of hydrogen-bond donors (Lipinski definition) is 2. The maximum absolute atomic E-state index is 12.8. The van der Waals surface area contributed by atoms with E-state index in [1.807, 2.05) is 0 Å². The first-order valence-corrected chi connectivity index (χ1v) is 4.98. The molecule has 0 saturated heterocycles. The number of nitrogens with one attached hydrogen (secondary N) is 2.